The molecule has 1 heterocycles. The molecule has 0 unspecified atom stereocenters. The van der Waals surface area contributed by atoms with E-state index in [0.29, 0.717) is 16.8 Å². The van der Waals surface area contributed by atoms with Crippen LogP contribution in [0.3, 0.4) is 0 Å². The lowest BCUT2D eigenvalue weighted by atomic mass is 10.3. The molecule has 0 saturated carbocycles. The van der Waals surface area contributed by atoms with E-state index in [1.807, 2.05) is 24.3 Å². The number of nitriles is 1. The first-order valence-electron chi connectivity index (χ1n) is 6.28. The Morgan fingerprint density at radius 3 is 2.71 bits per heavy atom. The molecule has 2 N–H and O–H groups in total. The number of phenols is 1. The molecule has 0 radical (unpaired) electrons. The first kappa shape index (κ1) is 12.8. The number of nitrogens with one attached hydrogen (secondary N) is 1. The minimum atomic E-state index is 0.101. The molecule has 0 bridgehead atoms. The van der Waals surface area contributed by atoms with Gasteiger partial charge in [-0.1, -0.05) is 24.3 Å². The van der Waals surface area contributed by atoms with E-state index in [-0.39, 0.29) is 17.2 Å². The molecule has 1 aromatic heterocycles. The SMILES string of the molecule is N#CC(=CNc1ccccc1O)c1nc2ccccc2o1. The van der Waals surface area contributed by atoms with Crippen molar-refractivity contribution in [1.29, 1.82) is 5.26 Å². The maximum absolute atomic E-state index is 9.67. The normalized spacial score (nSPS) is 11.3. The van der Waals surface area contributed by atoms with Crippen LogP contribution in [0.2, 0.25) is 0 Å². The zero-order valence-electron chi connectivity index (χ0n) is 10.9. The van der Waals surface area contributed by atoms with Gasteiger partial charge >= 0.3 is 0 Å². The Morgan fingerprint density at radius 2 is 1.95 bits per heavy atom. The Hall–Kier alpha value is -3.26. The fourth-order valence-electron chi connectivity index (χ4n) is 1.87. The Labute approximate surface area is 120 Å². The molecule has 0 fully saturated rings. The topological polar surface area (TPSA) is 82.1 Å². The van der Waals surface area contributed by atoms with Gasteiger partial charge in [0.15, 0.2) is 5.58 Å². The first-order chi connectivity index (χ1) is 10.3. The molecule has 0 saturated heterocycles. The third kappa shape index (κ3) is 2.55. The van der Waals surface area contributed by atoms with Crippen LogP contribution in [-0.2, 0) is 0 Å². The number of fused-ring (bicyclic) bond motifs is 1. The maximum atomic E-state index is 9.67. The van der Waals surface area contributed by atoms with Crippen LogP contribution in [0.15, 0.2) is 59.1 Å². The summed E-state index contributed by atoms with van der Waals surface area (Å²) in [5.41, 5.74) is 2.06. The maximum Gasteiger partial charge on any atom is 0.239 e. The van der Waals surface area contributed by atoms with Crippen molar-refractivity contribution in [3.05, 3.63) is 60.6 Å². The lowest BCUT2D eigenvalue weighted by Gasteiger charge is -2.03. The van der Waals surface area contributed by atoms with E-state index in [0.717, 1.165) is 0 Å². The van der Waals surface area contributed by atoms with Gasteiger partial charge in [0.05, 0.1) is 5.69 Å². The molecule has 3 aromatic rings. The Bertz CT molecular complexity index is 826. The summed E-state index contributed by atoms with van der Waals surface area (Å²) in [5, 5.41) is 21.8. The second-order valence-corrected chi connectivity index (χ2v) is 4.32. The quantitative estimate of drug-likeness (QED) is 0.565. The van der Waals surface area contributed by atoms with E-state index >= 15 is 0 Å². The third-order valence-corrected chi connectivity index (χ3v) is 2.92. The zero-order chi connectivity index (χ0) is 14.7. The molecule has 0 spiro atoms. The number of para-hydroxylation sites is 4. The highest BCUT2D eigenvalue weighted by Crippen LogP contribution is 2.24. The molecule has 5 nitrogen and oxygen atoms in total. The summed E-state index contributed by atoms with van der Waals surface area (Å²) in [7, 11) is 0. The van der Waals surface area contributed by atoms with Crippen molar-refractivity contribution in [2.24, 2.45) is 0 Å². The summed E-state index contributed by atoms with van der Waals surface area (Å²) in [6.45, 7) is 0. The van der Waals surface area contributed by atoms with Gasteiger partial charge in [0.2, 0.25) is 5.89 Å². The van der Waals surface area contributed by atoms with Crippen LogP contribution in [-0.4, -0.2) is 10.1 Å². The summed E-state index contributed by atoms with van der Waals surface area (Å²) in [6.07, 6.45) is 1.46. The van der Waals surface area contributed by atoms with Crippen LogP contribution in [0.1, 0.15) is 5.89 Å². The van der Waals surface area contributed by atoms with Crippen LogP contribution < -0.4 is 5.32 Å². The summed E-state index contributed by atoms with van der Waals surface area (Å²) < 4.78 is 5.54. The minimum Gasteiger partial charge on any atom is -0.506 e. The van der Waals surface area contributed by atoms with Crippen molar-refractivity contribution in [2.75, 3.05) is 5.32 Å². The van der Waals surface area contributed by atoms with E-state index in [1.54, 1.807) is 30.3 Å². The van der Waals surface area contributed by atoms with Crippen LogP contribution in [0.5, 0.6) is 5.75 Å². The standard InChI is InChI=1S/C16H11N3O2/c17-9-11(10-18-12-5-1-3-7-14(12)20)16-19-13-6-2-4-8-15(13)21-16/h1-8,10,18,20H. The Morgan fingerprint density at radius 1 is 1.19 bits per heavy atom. The number of aromatic nitrogens is 1. The van der Waals surface area contributed by atoms with Gasteiger partial charge in [0.25, 0.3) is 0 Å². The number of hydrogen-bond donors (Lipinski definition) is 2. The van der Waals surface area contributed by atoms with Crippen molar-refractivity contribution >= 4 is 22.4 Å². The van der Waals surface area contributed by atoms with Crippen molar-refractivity contribution < 1.29 is 9.52 Å². The van der Waals surface area contributed by atoms with E-state index in [4.69, 9.17) is 4.42 Å². The number of oxazole rings is 1. The second-order valence-electron chi connectivity index (χ2n) is 4.32. The third-order valence-electron chi connectivity index (χ3n) is 2.92. The Kier molecular flexibility index (Phi) is 3.27. The molecule has 3 rings (SSSR count). The average molecular weight is 277 g/mol. The largest absolute Gasteiger partial charge is 0.506 e. The van der Waals surface area contributed by atoms with Gasteiger partial charge in [0, 0.05) is 6.20 Å². The van der Waals surface area contributed by atoms with Gasteiger partial charge in [-0.2, -0.15) is 5.26 Å². The number of benzene rings is 2. The predicted molar refractivity (Wildman–Crippen MR) is 79.3 cm³/mol. The highest BCUT2D eigenvalue weighted by atomic mass is 16.3. The van der Waals surface area contributed by atoms with Crippen LogP contribution in [0.25, 0.3) is 16.7 Å². The van der Waals surface area contributed by atoms with E-state index < -0.39 is 0 Å². The number of nitrogens with zero attached hydrogens (tertiary/aromatic N) is 2. The zero-order valence-corrected chi connectivity index (χ0v) is 10.9. The highest BCUT2D eigenvalue weighted by molar-refractivity contribution is 5.80. The van der Waals surface area contributed by atoms with Crippen LogP contribution in [0, 0.1) is 11.3 Å². The molecule has 0 aliphatic rings. The van der Waals surface area contributed by atoms with Crippen molar-refractivity contribution in [2.45, 2.75) is 0 Å². The lowest BCUT2D eigenvalue weighted by Crippen LogP contribution is -1.91. The number of phenolic OH excluding ortho intramolecular Hbond substituents is 1. The van der Waals surface area contributed by atoms with E-state index in [2.05, 4.69) is 10.3 Å². The molecule has 0 amide bonds. The molecule has 0 atom stereocenters. The van der Waals surface area contributed by atoms with Crippen molar-refractivity contribution in [3.63, 3.8) is 0 Å². The molecular formula is C16H11N3O2. The number of rotatable bonds is 3. The number of hydrogen-bond acceptors (Lipinski definition) is 5. The Balaban J connectivity index is 1.93. The fourth-order valence-corrected chi connectivity index (χ4v) is 1.87. The molecule has 102 valence electrons. The summed E-state index contributed by atoms with van der Waals surface area (Å²) in [5.74, 6) is 0.338. The van der Waals surface area contributed by atoms with Crippen LogP contribution >= 0.6 is 0 Å². The van der Waals surface area contributed by atoms with Gasteiger partial charge in [-0.15, -0.1) is 0 Å². The van der Waals surface area contributed by atoms with E-state index in [1.165, 1.54) is 6.20 Å². The highest BCUT2D eigenvalue weighted by Gasteiger charge is 2.10. The van der Waals surface area contributed by atoms with Crippen molar-refractivity contribution in [1.82, 2.24) is 4.98 Å². The minimum absolute atomic E-state index is 0.101. The van der Waals surface area contributed by atoms with Gasteiger partial charge in [-0.05, 0) is 24.3 Å². The summed E-state index contributed by atoms with van der Waals surface area (Å²) in [6, 6.07) is 16.1. The lowest BCUT2D eigenvalue weighted by molar-refractivity contribution is 0.477. The van der Waals surface area contributed by atoms with E-state index in [9.17, 15) is 10.4 Å². The molecule has 0 aliphatic carbocycles. The summed E-state index contributed by atoms with van der Waals surface area (Å²) >= 11 is 0. The molecular weight excluding hydrogens is 266 g/mol. The van der Waals surface area contributed by atoms with Gasteiger partial charge < -0.3 is 14.8 Å². The number of aromatic hydroxyl groups is 1. The predicted octanol–water partition coefficient (Wildman–Crippen LogP) is 3.51. The van der Waals surface area contributed by atoms with Gasteiger partial charge in [-0.25, -0.2) is 4.98 Å². The molecule has 21 heavy (non-hydrogen) atoms. The smallest absolute Gasteiger partial charge is 0.239 e. The van der Waals surface area contributed by atoms with Gasteiger partial charge in [-0.3, -0.25) is 0 Å². The number of anilines is 1. The molecule has 2 aromatic carbocycles. The number of allylic oxidation sites excluding steroid dienone is 1. The molecule has 5 heteroatoms. The van der Waals surface area contributed by atoms with Gasteiger partial charge in [0.1, 0.15) is 22.9 Å². The van der Waals surface area contributed by atoms with Crippen LogP contribution in [0.4, 0.5) is 5.69 Å². The average Bonchev–Trinajstić information content (AvgIpc) is 2.93. The molecule has 0 aliphatic heterocycles. The fraction of sp³-hybridized carbons (Fsp3) is 0. The first-order valence-corrected chi connectivity index (χ1v) is 6.28. The van der Waals surface area contributed by atoms with Crippen molar-refractivity contribution in [3.8, 4) is 11.8 Å². The monoisotopic (exact) mass is 277 g/mol. The second kappa shape index (κ2) is 5.39. The summed E-state index contributed by atoms with van der Waals surface area (Å²) in [4.78, 5) is 4.26.